The van der Waals surface area contributed by atoms with Crippen LogP contribution < -0.4 is 0 Å². The normalized spacial score (nSPS) is 12.0. The van der Waals surface area contributed by atoms with Gasteiger partial charge in [0.05, 0.1) is 17.6 Å². The average molecular weight is 280 g/mol. The van der Waals surface area contributed by atoms with E-state index >= 15 is 0 Å². The van der Waals surface area contributed by atoms with E-state index in [0.717, 1.165) is 15.2 Å². The number of aromatic hydroxyl groups is 1. The van der Waals surface area contributed by atoms with E-state index in [2.05, 4.69) is 5.10 Å². The minimum absolute atomic E-state index is 0.178. The van der Waals surface area contributed by atoms with Crippen LogP contribution in [0.1, 0.15) is 19.4 Å². The highest BCUT2D eigenvalue weighted by Gasteiger charge is 2.19. The van der Waals surface area contributed by atoms with Crippen molar-refractivity contribution in [3.05, 3.63) is 36.2 Å². The molecule has 0 atom stereocenters. The van der Waals surface area contributed by atoms with E-state index in [0.29, 0.717) is 5.56 Å². The second-order valence-electron chi connectivity index (χ2n) is 4.70. The molecule has 0 bridgehead atoms. The molecule has 0 radical (unpaired) electrons. The molecule has 0 saturated heterocycles. The third kappa shape index (κ3) is 2.49. The number of aryl methyl sites for hydroxylation is 1. The predicted molar refractivity (Wildman–Crippen MR) is 73.5 cm³/mol. The van der Waals surface area contributed by atoms with Gasteiger partial charge in [0, 0.05) is 5.56 Å². The van der Waals surface area contributed by atoms with Gasteiger partial charge in [-0.2, -0.15) is 9.19 Å². The minimum Gasteiger partial charge on any atom is -0.508 e. The molecule has 1 N–H and O–H groups in total. The van der Waals surface area contributed by atoms with Crippen LogP contribution >= 0.6 is 0 Å². The summed E-state index contributed by atoms with van der Waals surface area (Å²) in [7, 11) is -3.44. The maximum absolute atomic E-state index is 11.9. The number of phenols is 1. The number of phenolic OH excluding ortho intramolecular Hbond substituents is 1. The first kappa shape index (κ1) is 13.6. The van der Waals surface area contributed by atoms with Crippen molar-refractivity contribution < 1.29 is 13.5 Å². The molecule has 0 spiro atoms. The predicted octanol–water partition coefficient (Wildman–Crippen LogP) is 2.15. The lowest BCUT2D eigenvalue weighted by Gasteiger charge is -2.06. The van der Waals surface area contributed by atoms with Gasteiger partial charge >= 0.3 is 0 Å². The fourth-order valence-electron chi connectivity index (χ4n) is 1.60. The standard InChI is InChI=1S/C13H16N2O3S/c1-9(2)19(17,18)15-8-12(7-14-15)11-5-4-10(3)13(16)6-11/h4-9,16H,1-3H3. The molecular weight excluding hydrogens is 264 g/mol. The van der Waals surface area contributed by atoms with E-state index in [9.17, 15) is 13.5 Å². The van der Waals surface area contributed by atoms with Gasteiger partial charge in [-0.25, -0.2) is 8.42 Å². The van der Waals surface area contributed by atoms with Crippen molar-refractivity contribution in [2.75, 3.05) is 0 Å². The summed E-state index contributed by atoms with van der Waals surface area (Å²) in [6.45, 7) is 5.01. The monoisotopic (exact) mass is 280 g/mol. The Labute approximate surface area is 112 Å². The first-order valence-electron chi connectivity index (χ1n) is 5.91. The van der Waals surface area contributed by atoms with Gasteiger partial charge in [0.25, 0.3) is 10.0 Å². The molecule has 1 heterocycles. The Morgan fingerprint density at radius 3 is 2.53 bits per heavy atom. The van der Waals surface area contributed by atoms with Crippen LogP contribution in [0.5, 0.6) is 5.75 Å². The van der Waals surface area contributed by atoms with Crippen molar-refractivity contribution in [1.29, 1.82) is 0 Å². The zero-order chi connectivity index (χ0) is 14.2. The number of benzene rings is 1. The molecule has 0 aliphatic carbocycles. The summed E-state index contributed by atoms with van der Waals surface area (Å²) in [5.41, 5.74) is 2.15. The lowest BCUT2D eigenvalue weighted by Crippen LogP contribution is -2.22. The van der Waals surface area contributed by atoms with E-state index in [-0.39, 0.29) is 5.75 Å². The van der Waals surface area contributed by atoms with Gasteiger partial charge in [0.2, 0.25) is 0 Å². The lowest BCUT2D eigenvalue weighted by atomic mass is 10.1. The summed E-state index contributed by atoms with van der Waals surface area (Å²) in [4.78, 5) is 0. The van der Waals surface area contributed by atoms with Crippen LogP contribution in [0.25, 0.3) is 11.1 Å². The highest BCUT2D eigenvalue weighted by Crippen LogP contribution is 2.26. The van der Waals surface area contributed by atoms with Gasteiger partial charge in [-0.15, -0.1) is 0 Å². The summed E-state index contributed by atoms with van der Waals surface area (Å²) >= 11 is 0. The molecule has 6 heteroatoms. The third-order valence-electron chi connectivity index (χ3n) is 2.96. The summed E-state index contributed by atoms with van der Waals surface area (Å²) in [6, 6.07) is 5.19. The molecule has 0 aliphatic heterocycles. The Hall–Kier alpha value is -1.82. The Morgan fingerprint density at radius 1 is 1.26 bits per heavy atom. The lowest BCUT2D eigenvalue weighted by molar-refractivity contribution is 0.471. The van der Waals surface area contributed by atoms with E-state index in [4.69, 9.17) is 0 Å². The number of hydrogen-bond acceptors (Lipinski definition) is 4. The van der Waals surface area contributed by atoms with Gasteiger partial charge in [-0.1, -0.05) is 12.1 Å². The zero-order valence-electron chi connectivity index (χ0n) is 11.0. The maximum Gasteiger partial charge on any atom is 0.256 e. The molecule has 102 valence electrons. The average Bonchev–Trinajstić information content (AvgIpc) is 2.82. The smallest absolute Gasteiger partial charge is 0.256 e. The summed E-state index contributed by atoms with van der Waals surface area (Å²) in [5, 5.41) is 13.0. The summed E-state index contributed by atoms with van der Waals surface area (Å²) in [5.74, 6) is 0.178. The van der Waals surface area contributed by atoms with Crippen molar-refractivity contribution >= 4 is 10.0 Å². The zero-order valence-corrected chi connectivity index (χ0v) is 11.8. The van der Waals surface area contributed by atoms with Crippen LogP contribution in [0.4, 0.5) is 0 Å². The van der Waals surface area contributed by atoms with E-state index < -0.39 is 15.3 Å². The first-order chi connectivity index (χ1) is 8.82. The van der Waals surface area contributed by atoms with E-state index in [1.165, 1.54) is 12.4 Å². The van der Waals surface area contributed by atoms with Crippen LogP contribution in [0.2, 0.25) is 0 Å². The second-order valence-corrected chi connectivity index (χ2v) is 7.04. The number of rotatable bonds is 3. The van der Waals surface area contributed by atoms with Crippen molar-refractivity contribution in [1.82, 2.24) is 9.19 Å². The van der Waals surface area contributed by atoms with E-state index in [1.54, 1.807) is 32.9 Å². The summed E-state index contributed by atoms with van der Waals surface area (Å²) < 4.78 is 24.9. The maximum atomic E-state index is 11.9. The fraction of sp³-hybridized carbons (Fsp3) is 0.308. The van der Waals surface area contributed by atoms with Gasteiger partial charge in [-0.3, -0.25) is 0 Å². The number of hydrogen-bond donors (Lipinski definition) is 1. The topological polar surface area (TPSA) is 72.2 Å². The molecule has 2 rings (SSSR count). The Morgan fingerprint density at radius 2 is 1.95 bits per heavy atom. The largest absolute Gasteiger partial charge is 0.508 e. The molecule has 0 aliphatic rings. The highest BCUT2D eigenvalue weighted by atomic mass is 32.2. The molecule has 0 amide bonds. The van der Waals surface area contributed by atoms with E-state index in [1.807, 2.05) is 6.07 Å². The van der Waals surface area contributed by atoms with Crippen molar-refractivity contribution in [2.24, 2.45) is 0 Å². The fourth-order valence-corrected chi connectivity index (χ4v) is 2.47. The van der Waals surface area contributed by atoms with Crippen LogP contribution in [-0.2, 0) is 10.0 Å². The first-order valence-corrected chi connectivity index (χ1v) is 7.41. The Kier molecular flexibility index (Phi) is 3.36. The molecule has 0 unspecified atom stereocenters. The Balaban J connectivity index is 2.44. The van der Waals surface area contributed by atoms with Crippen LogP contribution in [0, 0.1) is 6.92 Å². The molecule has 1 aromatic carbocycles. The quantitative estimate of drug-likeness (QED) is 0.935. The van der Waals surface area contributed by atoms with Crippen LogP contribution in [-0.4, -0.2) is 28.0 Å². The van der Waals surface area contributed by atoms with Crippen LogP contribution in [0.15, 0.2) is 30.6 Å². The third-order valence-corrected chi connectivity index (χ3v) is 4.87. The van der Waals surface area contributed by atoms with Crippen molar-refractivity contribution in [2.45, 2.75) is 26.0 Å². The second kappa shape index (κ2) is 4.70. The molecule has 0 saturated carbocycles. The summed E-state index contributed by atoms with van der Waals surface area (Å²) in [6.07, 6.45) is 2.93. The SMILES string of the molecule is Cc1ccc(-c2cnn(S(=O)(=O)C(C)C)c2)cc1O. The molecule has 5 nitrogen and oxygen atoms in total. The number of aromatic nitrogens is 2. The Bertz CT molecular complexity index is 702. The van der Waals surface area contributed by atoms with Crippen LogP contribution in [0.3, 0.4) is 0 Å². The molecule has 19 heavy (non-hydrogen) atoms. The highest BCUT2D eigenvalue weighted by molar-refractivity contribution is 7.90. The van der Waals surface area contributed by atoms with Gasteiger partial charge in [0.1, 0.15) is 5.75 Å². The molecule has 2 aromatic rings. The van der Waals surface area contributed by atoms with Crippen molar-refractivity contribution in [3.8, 4) is 16.9 Å². The molecular formula is C13H16N2O3S. The molecule has 1 aromatic heterocycles. The minimum atomic E-state index is -3.44. The van der Waals surface area contributed by atoms with Gasteiger partial charge in [0.15, 0.2) is 0 Å². The van der Waals surface area contributed by atoms with Gasteiger partial charge < -0.3 is 5.11 Å². The van der Waals surface area contributed by atoms with Gasteiger partial charge in [-0.05, 0) is 38.0 Å². The number of nitrogens with zero attached hydrogens (tertiary/aromatic N) is 2. The van der Waals surface area contributed by atoms with Crippen molar-refractivity contribution in [3.63, 3.8) is 0 Å². The molecule has 0 fully saturated rings.